The van der Waals surface area contributed by atoms with E-state index in [0.29, 0.717) is 11.1 Å². The monoisotopic (exact) mass is 400 g/mol. The fourth-order valence-electron chi connectivity index (χ4n) is 1.73. The van der Waals surface area contributed by atoms with Gasteiger partial charge >= 0.3 is 0 Å². The fourth-order valence-corrected chi connectivity index (χ4v) is 2.35. The SMILES string of the molecule is CON(C)C(=O)c1ccc(C)c(F)c1Br.Cc1cccc(N)c1F. The molecule has 2 rings (SSSR count). The van der Waals surface area contributed by atoms with Gasteiger partial charge in [0.1, 0.15) is 11.6 Å². The lowest BCUT2D eigenvalue weighted by atomic mass is 10.1. The molecule has 0 heterocycles. The van der Waals surface area contributed by atoms with E-state index >= 15 is 0 Å². The number of aryl methyl sites for hydroxylation is 2. The molecule has 130 valence electrons. The van der Waals surface area contributed by atoms with Gasteiger partial charge in [-0.25, -0.2) is 13.8 Å². The molecule has 4 nitrogen and oxygen atoms in total. The van der Waals surface area contributed by atoms with Crippen LogP contribution in [0.4, 0.5) is 14.5 Å². The van der Waals surface area contributed by atoms with Crippen LogP contribution >= 0.6 is 15.9 Å². The zero-order valence-electron chi connectivity index (χ0n) is 13.9. The van der Waals surface area contributed by atoms with Crippen molar-refractivity contribution in [3.05, 3.63) is 63.1 Å². The summed E-state index contributed by atoms with van der Waals surface area (Å²) in [5, 5.41) is 1.04. The molecule has 2 N–H and O–H groups in total. The van der Waals surface area contributed by atoms with Gasteiger partial charge in [-0.1, -0.05) is 18.2 Å². The highest BCUT2D eigenvalue weighted by Gasteiger charge is 2.18. The van der Waals surface area contributed by atoms with Gasteiger partial charge in [-0.2, -0.15) is 0 Å². The van der Waals surface area contributed by atoms with Crippen molar-refractivity contribution in [2.75, 3.05) is 19.9 Å². The molecular formula is C17H19BrF2N2O2. The summed E-state index contributed by atoms with van der Waals surface area (Å²) in [6.07, 6.45) is 0. The molecule has 0 aromatic heterocycles. The van der Waals surface area contributed by atoms with Crippen LogP contribution < -0.4 is 5.73 Å². The first-order valence-corrected chi connectivity index (χ1v) is 7.77. The Labute approximate surface area is 148 Å². The van der Waals surface area contributed by atoms with Crippen molar-refractivity contribution < 1.29 is 18.4 Å². The molecule has 2 aromatic rings. The van der Waals surface area contributed by atoms with Gasteiger partial charge in [-0.3, -0.25) is 9.63 Å². The molecule has 0 aliphatic heterocycles. The van der Waals surface area contributed by atoms with E-state index in [0.717, 1.165) is 5.06 Å². The highest BCUT2D eigenvalue weighted by molar-refractivity contribution is 9.10. The second kappa shape index (κ2) is 8.75. The number of benzene rings is 2. The van der Waals surface area contributed by atoms with Crippen LogP contribution in [-0.2, 0) is 4.84 Å². The van der Waals surface area contributed by atoms with Gasteiger partial charge < -0.3 is 5.73 Å². The summed E-state index contributed by atoms with van der Waals surface area (Å²) in [6, 6.07) is 8.07. The number of nitrogens with two attached hydrogens (primary N) is 1. The predicted octanol–water partition coefficient (Wildman–Crippen LogP) is 4.25. The Morgan fingerprint density at radius 3 is 2.21 bits per heavy atom. The Hall–Kier alpha value is -1.99. The molecule has 24 heavy (non-hydrogen) atoms. The smallest absolute Gasteiger partial charge is 0.278 e. The number of carbonyl (C=O) groups excluding carboxylic acids is 1. The van der Waals surface area contributed by atoms with Crippen molar-refractivity contribution in [3.63, 3.8) is 0 Å². The minimum Gasteiger partial charge on any atom is -0.396 e. The number of hydrogen-bond donors (Lipinski definition) is 1. The Bertz CT molecular complexity index is 719. The third-order valence-corrected chi connectivity index (χ3v) is 4.06. The van der Waals surface area contributed by atoms with E-state index in [4.69, 9.17) is 10.6 Å². The summed E-state index contributed by atoms with van der Waals surface area (Å²) in [4.78, 5) is 16.4. The summed E-state index contributed by atoms with van der Waals surface area (Å²) in [6.45, 7) is 3.32. The highest BCUT2D eigenvalue weighted by atomic mass is 79.9. The number of hydroxylamine groups is 2. The van der Waals surface area contributed by atoms with Crippen molar-refractivity contribution in [3.8, 4) is 0 Å². The number of anilines is 1. The molecule has 0 aliphatic rings. The minimum absolute atomic E-state index is 0.163. The first kappa shape index (κ1) is 20.1. The number of carbonyl (C=O) groups is 1. The second-order valence-corrected chi connectivity index (χ2v) is 5.81. The maximum Gasteiger partial charge on any atom is 0.278 e. The Morgan fingerprint density at radius 2 is 1.71 bits per heavy atom. The van der Waals surface area contributed by atoms with E-state index < -0.39 is 11.7 Å². The van der Waals surface area contributed by atoms with Crippen molar-refractivity contribution in [2.45, 2.75) is 13.8 Å². The van der Waals surface area contributed by atoms with Crippen molar-refractivity contribution in [1.82, 2.24) is 5.06 Å². The topological polar surface area (TPSA) is 55.6 Å². The van der Waals surface area contributed by atoms with Gasteiger partial charge in [0.25, 0.3) is 5.91 Å². The molecule has 0 saturated heterocycles. The van der Waals surface area contributed by atoms with E-state index in [1.54, 1.807) is 44.2 Å². The molecule has 0 unspecified atom stereocenters. The van der Waals surface area contributed by atoms with Gasteiger partial charge in [-0.05, 0) is 53.0 Å². The lowest BCUT2D eigenvalue weighted by Gasteiger charge is -2.15. The fraction of sp³-hybridized carbons (Fsp3) is 0.235. The molecule has 0 fully saturated rings. The van der Waals surface area contributed by atoms with Crippen LogP contribution in [-0.4, -0.2) is 25.1 Å². The summed E-state index contributed by atoms with van der Waals surface area (Å²) >= 11 is 3.05. The molecule has 0 bridgehead atoms. The average molecular weight is 401 g/mol. The number of hydrogen-bond acceptors (Lipinski definition) is 3. The Morgan fingerprint density at radius 1 is 1.12 bits per heavy atom. The second-order valence-electron chi connectivity index (χ2n) is 5.02. The largest absolute Gasteiger partial charge is 0.396 e. The first-order valence-electron chi connectivity index (χ1n) is 6.98. The highest BCUT2D eigenvalue weighted by Crippen LogP contribution is 2.24. The predicted molar refractivity (Wildman–Crippen MR) is 93.5 cm³/mol. The first-order chi connectivity index (χ1) is 11.2. The molecule has 7 heteroatoms. The summed E-state index contributed by atoms with van der Waals surface area (Å²) < 4.78 is 26.2. The Kier molecular flexibility index (Phi) is 7.31. The Balaban J connectivity index is 0.000000272. The van der Waals surface area contributed by atoms with E-state index in [-0.39, 0.29) is 21.5 Å². The van der Waals surface area contributed by atoms with E-state index in [9.17, 15) is 13.6 Å². The maximum absolute atomic E-state index is 13.5. The van der Waals surface area contributed by atoms with Crippen molar-refractivity contribution in [2.24, 2.45) is 0 Å². The molecule has 0 radical (unpaired) electrons. The number of amides is 1. The van der Waals surface area contributed by atoms with Crippen LogP contribution in [0.2, 0.25) is 0 Å². The van der Waals surface area contributed by atoms with Gasteiger partial charge in [0, 0.05) is 7.05 Å². The van der Waals surface area contributed by atoms with Crippen LogP contribution in [0.15, 0.2) is 34.8 Å². The van der Waals surface area contributed by atoms with Gasteiger partial charge in [0.15, 0.2) is 0 Å². The number of nitrogen functional groups attached to an aromatic ring is 1. The van der Waals surface area contributed by atoms with Crippen molar-refractivity contribution in [1.29, 1.82) is 0 Å². The van der Waals surface area contributed by atoms with Gasteiger partial charge in [0.05, 0.1) is 22.8 Å². The molecule has 0 aliphatic carbocycles. The van der Waals surface area contributed by atoms with E-state index in [1.165, 1.54) is 14.2 Å². The molecule has 0 saturated carbocycles. The lowest BCUT2D eigenvalue weighted by Crippen LogP contribution is -2.26. The maximum atomic E-state index is 13.5. The molecule has 1 amide bonds. The van der Waals surface area contributed by atoms with Crippen LogP contribution in [0, 0.1) is 25.5 Å². The zero-order chi connectivity index (χ0) is 18.4. The van der Waals surface area contributed by atoms with Gasteiger partial charge in [0.2, 0.25) is 0 Å². The standard InChI is InChI=1S/C10H11BrFNO2.C7H8FN/c1-6-4-5-7(8(11)9(6)12)10(14)13(2)15-3;1-5-3-2-4-6(9)7(5)8/h4-5H,1-3H3;2-4H,9H2,1H3. The van der Waals surface area contributed by atoms with Crippen LogP contribution in [0.5, 0.6) is 0 Å². The van der Waals surface area contributed by atoms with Crippen LogP contribution in [0.3, 0.4) is 0 Å². The average Bonchev–Trinajstić information content (AvgIpc) is 2.57. The van der Waals surface area contributed by atoms with Crippen LogP contribution in [0.25, 0.3) is 0 Å². The third kappa shape index (κ3) is 4.75. The number of rotatable bonds is 2. The normalized spacial score (nSPS) is 9.96. The number of halogens is 3. The lowest BCUT2D eigenvalue weighted by molar-refractivity contribution is -0.0757. The molecule has 2 aromatic carbocycles. The van der Waals surface area contributed by atoms with E-state index in [1.807, 2.05) is 0 Å². The van der Waals surface area contributed by atoms with Gasteiger partial charge in [-0.15, -0.1) is 0 Å². The minimum atomic E-state index is -0.426. The van der Waals surface area contributed by atoms with E-state index in [2.05, 4.69) is 15.9 Å². The number of nitrogens with zero attached hydrogens (tertiary/aromatic N) is 1. The summed E-state index contributed by atoms with van der Waals surface area (Å²) in [7, 11) is 2.84. The molecule has 0 spiro atoms. The molecule has 0 atom stereocenters. The zero-order valence-corrected chi connectivity index (χ0v) is 15.4. The summed E-state index contributed by atoms with van der Waals surface area (Å²) in [5.74, 6) is -1.13. The molecular weight excluding hydrogens is 382 g/mol. The third-order valence-electron chi connectivity index (χ3n) is 3.29. The summed E-state index contributed by atoms with van der Waals surface area (Å²) in [5.41, 5.74) is 6.78. The van der Waals surface area contributed by atoms with Crippen molar-refractivity contribution >= 4 is 27.5 Å². The quantitative estimate of drug-likeness (QED) is 0.605. The van der Waals surface area contributed by atoms with Crippen LogP contribution in [0.1, 0.15) is 21.5 Å².